The zero-order valence-corrected chi connectivity index (χ0v) is 11.4. The summed E-state index contributed by atoms with van der Waals surface area (Å²) >= 11 is 0. The summed E-state index contributed by atoms with van der Waals surface area (Å²) in [7, 11) is 0. The molecule has 0 spiro atoms. The first-order valence-electron chi connectivity index (χ1n) is 6.69. The fourth-order valence-electron chi connectivity index (χ4n) is 2.34. The normalized spacial score (nSPS) is 10.5. The minimum absolute atomic E-state index is 0.434. The van der Waals surface area contributed by atoms with Gasteiger partial charge in [-0.15, -0.1) is 0 Å². The van der Waals surface area contributed by atoms with Gasteiger partial charge in [-0.05, 0) is 16.5 Å². The van der Waals surface area contributed by atoms with Crippen molar-refractivity contribution in [2.45, 2.75) is 6.54 Å². The molecule has 2 amide bonds. The molecule has 0 saturated carbocycles. The Labute approximate surface area is 122 Å². The molecule has 104 valence electrons. The molecule has 1 heterocycles. The van der Waals surface area contributed by atoms with Crippen molar-refractivity contribution in [2.24, 2.45) is 5.73 Å². The average molecular weight is 277 g/mol. The van der Waals surface area contributed by atoms with Crippen LogP contribution in [0.5, 0.6) is 0 Å². The fraction of sp³-hybridized carbons (Fsp3) is 0.0588. The van der Waals surface area contributed by atoms with E-state index < -0.39 is 6.03 Å². The Bertz CT molecular complexity index is 776. The molecule has 0 aliphatic carbocycles. The number of urea groups is 1. The van der Waals surface area contributed by atoms with Crippen LogP contribution in [0.3, 0.4) is 0 Å². The summed E-state index contributed by atoms with van der Waals surface area (Å²) in [6.07, 6.45) is 3.74. The highest BCUT2D eigenvalue weighted by molar-refractivity contribution is 5.95. The highest BCUT2D eigenvalue weighted by Crippen LogP contribution is 2.27. The molecule has 3 N–H and O–H groups in total. The number of benzene rings is 2. The van der Waals surface area contributed by atoms with Gasteiger partial charge in [-0.1, -0.05) is 48.5 Å². The molecule has 1 aromatic heterocycles. The number of hydrogen-bond acceptors (Lipinski definition) is 2. The Kier molecular flexibility index (Phi) is 3.51. The smallest absolute Gasteiger partial charge is 0.312 e. The second-order valence-corrected chi connectivity index (χ2v) is 4.82. The van der Waals surface area contributed by atoms with Crippen LogP contribution in [-0.2, 0) is 6.54 Å². The van der Waals surface area contributed by atoms with E-state index in [-0.39, 0.29) is 0 Å². The van der Waals surface area contributed by atoms with Crippen LogP contribution in [0.2, 0.25) is 0 Å². The number of aromatic nitrogens is 1. The Morgan fingerprint density at radius 1 is 1.05 bits per heavy atom. The van der Waals surface area contributed by atoms with E-state index in [4.69, 9.17) is 5.73 Å². The van der Waals surface area contributed by atoms with Gasteiger partial charge >= 0.3 is 6.03 Å². The number of fused-ring (bicyclic) bond motifs is 1. The van der Waals surface area contributed by atoms with Gasteiger partial charge in [-0.3, -0.25) is 4.98 Å². The maximum absolute atomic E-state index is 10.7. The zero-order chi connectivity index (χ0) is 14.7. The van der Waals surface area contributed by atoms with Crippen LogP contribution in [-0.4, -0.2) is 11.0 Å². The van der Waals surface area contributed by atoms with Gasteiger partial charge in [-0.2, -0.15) is 0 Å². The summed E-state index contributed by atoms with van der Waals surface area (Å²) in [5, 5.41) is 4.87. The molecule has 2 aromatic carbocycles. The van der Waals surface area contributed by atoms with Crippen molar-refractivity contribution < 1.29 is 4.79 Å². The van der Waals surface area contributed by atoms with E-state index in [0.717, 1.165) is 22.1 Å². The van der Waals surface area contributed by atoms with E-state index in [1.54, 1.807) is 0 Å². The van der Waals surface area contributed by atoms with Gasteiger partial charge in [0.25, 0.3) is 0 Å². The standard InChI is InChI=1S/C17H15N3O/c18-17(21)20-9-12-5-7-13(8-6-12)16-11-19-10-14-3-1-2-4-15(14)16/h1-8,10-11H,9H2,(H3,18,20,21). The molecule has 3 aromatic rings. The highest BCUT2D eigenvalue weighted by atomic mass is 16.2. The summed E-state index contributed by atoms with van der Waals surface area (Å²) in [5.41, 5.74) is 8.27. The topological polar surface area (TPSA) is 68.0 Å². The van der Waals surface area contributed by atoms with Crippen molar-refractivity contribution in [1.29, 1.82) is 0 Å². The van der Waals surface area contributed by atoms with Crippen LogP contribution in [0.25, 0.3) is 21.9 Å². The number of nitrogens with two attached hydrogens (primary N) is 1. The molecule has 0 fully saturated rings. The zero-order valence-electron chi connectivity index (χ0n) is 11.4. The van der Waals surface area contributed by atoms with Crippen LogP contribution >= 0.6 is 0 Å². The number of pyridine rings is 1. The fourth-order valence-corrected chi connectivity index (χ4v) is 2.34. The maximum Gasteiger partial charge on any atom is 0.312 e. The van der Waals surface area contributed by atoms with Crippen molar-refractivity contribution in [3.05, 3.63) is 66.5 Å². The van der Waals surface area contributed by atoms with E-state index in [9.17, 15) is 4.79 Å². The number of carbonyl (C=O) groups excluding carboxylic acids is 1. The van der Waals surface area contributed by atoms with Gasteiger partial charge in [0.2, 0.25) is 0 Å². The summed E-state index contributed by atoms with van der Waals surface area (Å²) in [6, 6.07) is 15.7. The molecule has 0 unspecified atom stereocenters. The van der Waals surface area contributed by atoms with Crippen molar-refractivity contribution >= 4 is 16.8 Å². The lowest BCUT2D eigenvalue weighted by Gasteiger charge is -2.07. The third-order valence-electron chi connectivity index (χ3n) is 3.40. The Morgan fingerprint density at radius 2 is 1.81 bits per heavy atom. The summed E-state index contributed by atoms with van der Waals surface area (Å²) < 4.78 is 0. The quantitative estimate of drug-likeness (QED) is 0.772. The molecule has 0 radical (unpaired) electrons. The number of nitrogens with zero attached hydrogens (tertiary/aromatic N) is 1. The predicted octanol–water partition coefficient (Wildman–Crippen LogP) is 3.07. The molecule has 4 heteroatoms. The Balaban J connectivity index is 1.94. The van der Waals surface area contributed by atoms with E-state index in [1.807, 2.05) is 48.8 Å². The van der Waals surface area contributed by atoms with Crippen LogP contribution in [0.1, 0.15) is 5.56 Å². The molecule has 0 aliphatic heterocycles. The minimum atomic E-state index is -0.516. The Hall–Kier alpha value is -2.88. The van der Waals surface area contributed by atoms with E-state index >= 15 is 0 Å². The van der Waals surface area contributed by atoms with E-state index in [0.29, 0.717) is 6.54 Å². The van der Waals surface area contributed by atoms with Crippen LogP contribution in [0.4, 0.5) is 4.79 Å². The molecule has 0 saturated heterocycles. The largest absolute Gasteiger partial charge is 0.352 e. The van der Waals surface area contributed by atoms with Gasteiger partial charge < -0.3 is 11.1 Å². The van der Waals surface area contributed by atoms with Crippen molar-refractivity contribution in [2.75, 3.05) is 0 Å². The van der Waals surface area contributed by atoms with E-state index in [1.165, 1.54) is 5.39 Å². The molecule has 4 nitrogen and oxygen atoms in total. The molecule has 0 bridgehead atoms. The predicted molar refractivity (Wildman–Crippen MR) is 83.6 cm³/mol. The molecule has 21 heavy (non-hydrogen) atoms. The first kappa shape index (κ1) is 13.1. The third-order valence-corrected chi connectivity index (χ3v) is 3.40. The van der Waals surface area contributed by atoms with Crippen LogP contribution in [0, 0.1) is 0 Å². The number of nitrogens with one attached hydrogen (secondary N) is 1. The minimum Gasteiger partial charge on any atom is -0.352 e. The van der Waals surface area contributed by atoms with Crippen molar-refractivity contribution in [1.82, 2.24) is 10.3 Å². The summed E-state index contributed by atoms with van der Waals surface area (Å²) in [4.78, 5) is 15.0. The van der Waals surface area contributed by atoms with Crippen molar-refractivity contribution in [3.8, 4) is 11.1 Å². The number of hydrogen-bond donors (Lipinski definition) is 2. The first-order valence-corrected chi connectivity index (χ1v) is 6.69. The first-order chi connectivity index (χ1) is 10.2. The van der Waals surface area contributed by atoms with Gasteiger partial charge in [-0.25, -0.2) is 4.79 Å². The Morgan fingerprint density at radius 3 is 2.57 bits per heavy atom. The monoisotopic (exact) mass is 277 g/mol. The number of primary amides is 1. The van der Waals surface area contributed by atoms with Gasteiger partial charge in [0.1, 0.15) is 0 Å². The van der Waals surface area contributed by atoms with Gasteiger partial charge in [0.05, 0.1) is 0 Å². The molecular weight excluding hydrogens is 262 g/mol. The molecule has 3 rings (SSSR count). The molecular formula is C17H15N3O. The number of rotatable bonds is 3. The van der Waals surface area contributed by atoms with Gasteiger partial charge in [0.15, 0.2) is 0 Å². The molecule has 0 atom stereocenters. The summed E-state index contributed by atoms with van der Waals surface area (Å²) in [6.45, 7) is 0.434. The second kappa shape index (κ2) is 5.63. The third kappa shape index (κ3) is 2.84. The van der Waals surface area contributed by atoms with Crippen LogP contribution in [0.15, 0.2) is 60.9 Å². The van der Waals surface area contributed by atoms with E-state index in [2.05, 4.69) is 22.4 Å². The SMILES string of the molecule is NC(=O)NCc1ccc(-c2cncc3ccccc23)cc1. The lowest BCUT2D eigenvalue weighted by molar-refractivity contribution is 0.248. The molecule has 0 aliphatic rings. The lowest BCUT2D eigenvalue weighted by atomic mass is 10.00. The summed E-state index contributed by atoms with van der Waals surface area (Å²) in [5.74, 6) is 0. The maximum atomic E-state index is 10.7. The lowest BCUT2D eigenvalue weighted by Crippen LogP contribution is -2.28. The highest BCUT2D eigenvalue weighted by Gasteiger charge is 2.04. The van der Waals surface area contributed by atoms with Crippen LogP contribution < -0.4 is 11.1 Å². The number of carbonyl (C=O) groups is 1. The number of amides is 2. The average Bonchev–Trinajstić information content (AvgIpc) is 2.53. The van der Waals surface area contributed by atoms with Crippen molar-refractivity contribution in [3.63, 3.8) is 0 Å². The van der Waals surface area contributed by atoms with Gasteiger partial charge in [0, 0.05) is 29.9 Å². The second-order valence-electron chi connectivity index (χ2n) is 4.82.